The number of carbonyl (C=O) groups excluding carboxylic acids is 1. The van der Waals surface area contributed by atoms with Crippen molar-refractivity contribution in [3.63, 3.8) is 0 Å². The Balaban J connectivity index is 2.63. The molecule has 0 saturated heterocycles. The van der Waals surface area contributed by atoms with E-state index in [9.17, 15) is 4.79 Å². The second kappa shape index (κ2) is 4.90. The molecule has 0 aromatic carbocycles. The lowest BCUT2D eigenvalue weighted by molar-refractivity contribution is 0.0826. The molecule has 1 aromatic heterocycles. The van der Waals surface area contributed by atoms with Gasteiger partial charge in [0.15, 0.2) is 0 Å². The zero-order valence-corrected chi connectivity index (χ0v) is 9.39. The van der Waals surface area contributed by atoms with Gasteiger partial charge in [-0.25, -0.2) is 0 Å². The third-order valence-corrected chi connectivity index (χ3v) is 2.41. The van der Waals surface area contributed by atoms with Crippen LogP contribution in [0, 0.1) is 0 Å². The second-order valence-corrected chi connectivity index (χ2v) is 4.02. The van der Waals surface area contributed by atoms with Crippen molar-refractivity contribution in [2.24, 2.45) is 0 Å². The average molecular weight is 214 g/mol. The summed E-state index contributed by atoms with van der Waals surface area (Å²) in [6, 6.07) is 0. The van der Waals surface area contributed by atoms with E-state index in [1.807, 2.05) is 0 Å². The lowest BCUT2D eigenvalue weighted by Gasteiger charge is -2.05. The topological polar surface area (TPSA) is 58.1 Å². The molecule has 0 unspecified atom stereocenters. The lowest BCUT2D eigenvalue weighted by Crippen LogP contribution is -2.21. The zero-order chi connectivity index (χ0) is 10.6. The molecule has 14 heavy (non-hydrogen) atoms. The van der Waals surface area contributed by atoms with Gasteiger partial charge in [0.1, 0.15) is 0 Å². The molecule has 1 amide bonds. The van der Waals surface area contributed by atoms with E-state index in [-0.39, 0.29) is 5.91 Å². The van der Waals surface area contributed by atoms with E-state index >= 15 is 0 Å². The molecular formula is C8H14N4OS. The normalized spacial score (nSPS) is 9.93. The Morgan fingerprint density at radius 1 is 1.50 bits per heavy atom. The van der Waals surface area contributed by atoms with Crippen molar-refractivity contribution in [3.05, 3.63) is 5.01 Å². The molecule has 6 heteroatoms. The van der Waals surface area contributed by atoms with Gasteiger partial charge in [-0.3, -0.25) is 4.79 Å². The number of nitrogens with one attached hydrogen (secondary N) is 1. The van der Waals surface area contributed by atoms with Crippen LogP contribution < -0.4 is 5.32 Å². The SMILES string of the molecule is CCCNc1nnc(C(=O)N(C)C)s1. The quantitative estimate of drug-likeness (QED) is 0.814. The van der Waals surface area contributed by atoms with Crippen LogP contribution >= 0.6 is 11.3 Å². The average Bonchev–Trinajstić information content (AvgIpc) is 2.61. The van der Waals surface area contributed by atoms with Gasteiger partial charge in [-0.05, 0) is 6.42 Å². The van der Waals surface area contributed by atoms with Crippen LogP contribution in [0.15, 0.2) is 0 Å². The summed E-state index contributed by atoms with van der Waals surface area (Å²) in [5, 5.41) is 11.9. The summed E-state index contributed by atoms with van der Waals surface area (Å²) in [5.74, 6) is -0.105. The number of amides is 1. The first-order chi connectivity index (χ1) is 6.65. The number of rotatable bonds is 4. The van der Waals surface area contributed by atoms with Crippen LogP contribution in [0.2, 0.25) is 0 Å². The summed E-state index contributed by atoms with van der Waals surface area (Å²) >= 11 is 1.28. The van der Waals surface area contributed by atoms with Gasteiger partial charge < -0.3 is 10.2 Å². The van der Waals surface area contributed by atoms with Crippen molar-refractivity contribution < 1.29 is 4.79 Å². The van der Waals surface area contributed by atoms with E-state index in [2.05, 4.69) is 22.4 Å². The lowest BCUT2D eigenvalue weighted by atomic mass is 10.5. The number of hydrogen-bond acceptors (Lipinski definition) is 5. The van der Waals surface area contributed by atoms with E-state index in [1.54, 1.807) is 14.1 Å². The maximum atomic E-state index is 11.4. The monoisotopic (exact) mass is 214 g/mol. The summed E-state index contributed by atoms with van der Waals surface area (Å²) < 4.78 is 0. The third-order valence-electron chi connectivity index (χ3n) is 1.54. The first-order valence-corrected chi connectivity index (χ1v) is 5.25. The van der Waals surface area contributed by atoms with Crippen LogP contribution in [0.3, 0.4) is 0 Å². The Labute approximate surface area is 87.1 Å². The fourth-order valence-electron chi connectivity index (χ4n) is 0.804. The number of aromatic nitrogens is 2. The number of hydrogen-bond donors (Lipinski definition) is 1. The van der Waals surface area contributed by atoms with Gasteiger partial charge >= 0.3 is 0 Å². The van der Waals surface area contributed by atoms with Crippen molar-refractivity contribution in [2.75, 3.05) is 26.0 Å². The molecule has 0 saturated carbocycles. The van der Waals surface area contributed by atoms with E-state index in [1.165, 1.54) is 16.2 Å². The summed E-state index contributed by atoms with van der Waals surface area (Å²) in [4.78, 5) is 12.9. The van der Waals surface area contributed by atoms with Gasteiger partial charge in [-0.1, -0.05) is 18.3 Å². The van der Waals surface area contributed by atoms with E-state index in [4.69, 9.17) is 0 Å². The molecule has 5 nitrogen and oxygen atoms in total. The van der Waals surface area contributed by atoms with Crippen LogP contribution in [-0.4, -0.2) is 41.6 Å². The Morgan fingerprint density at radius 2 is 2.21 bits per heavy atom. The van der Waals surface area contributed by atoms with Gasteiger partial charge in [-0.2, -0.15) is 0 Å². The molecule has 0 fully saturated rings. The van der Waals surface area contributed by atoms with Gasteiger partial charge in [0, 0.05) is 20.6 Å². The van der Waals surface area contributed by atoms with E-state index in [0.717, 1.165) is 13.0 Å². The summed E-state index contributed by atoms with van der Waals surface area (Å²) in [6.45, 7) is 2.92. The molecule has 0 aliphatic heterocycles. The molecule has 78 valence electrons. The molecule has 0 bridgehead atoms. The first kappa shape index (κ1) is 10.9. The molecule has 0 aliphatic rings. The second-order valence-electron chi connectivity index (χ2n) is 3.04. The maximum Gasteiger partial charge on any atom is 0.284 e. The van der Waals surface area contributed by atoms with Crippen molar-refractivity contribution >= 4 is 22.4 Å². The fraction of sp³-hybridized carbons (Fsp3) is 0.625. The van der Waals surface area contributed by atoms with Crippen molar-refractivity contribution in [3.8, 4) is 0 Å². The molecule has 0 atom stereocenters. The highest BCUT2D eigenvalue weighted by molar-refractivity contribution is 7.17. The van der Waals surface area contributed by atoms with Gasteiger partial charge in [0.05, 0.1) is 0 Å². The van der Waals surface area contributed by atoms with Crippen molar-refractivity contribution in [1.29, 1.82) is 0 Å². The number of nitrogens with zero attached hydrogens (tertiary/aromatic N) is 3. The number of anilines is 1. The summed E-state index contributed by atoms with van der Waals surface area (Å²) in [7, 11) is 3.39. The summed E-state index contributed by atoms with van der Waals surface area (Å²) in [6.07, 6.45) is 1.02. The Kier molecular flexibility index (Phi) is 3.82. The Morgan fingerprint density at radius 3 is 2.79 bits per heavy atom. The van der Waals surface area contributed by atoms with Gasteiger partial charge in [-0.15, -0.1) is 10.2 Å². The van der Waals surface area contributed by atoms with Crippen LogP contribution in [-0.2, 0) is 0 Å². The number of carbonyl (C=O) groups is 1. The van der Waals surface area contributed by atoms with Gasteiger partial charge in [0.2, 0.25) is 10.1 Å². The molecule has 1 rings (SSSR count). The smallest absolute Gasteiger partial charge is 0.284 e. The standard InChI is InChI=1S/C8H14N4OS/c1-4-5-9-8-11-10-6(14-8)7(13)12(2)3/h4-5H2,1-3H3,(H,9,11). The highest BCUT2D eigenvalue weighted by Gasteiger charge is 2.13. The molecule has 0 aliphatic carbocycles. The predicted octanol–water partition coefficient (Wildman–Crippen LogP) is 1.06. The minimum atomic E-state index is -0.105. The molecule has 1 N–H and O–H groups in total. The maximum absolute atomic E-state index is 11.4. The molecule has 1 aromatic rings. The predicted molar refractivity (Wildman–Crippen MR) is 56.7 cm³/mol. The molecule has 1 heterocycles. The van der Waals surface area contributed by atoms with Crippen LogP contribution in [0.4, 0.5) is 5.13 Å². The van der Waals surface area contributed by atoms with Crippen LogP contribution in [0.5, 0.6) is 0 Å². The third kappa shape index (κ3) is 2.66. The molecular weight excluding hydrogens is 200 g/mol. The largest absolute Gasteiger partial charge is 0.360 e. The Bertz CT molecular complexity index is 310. The molecule has 0 radical (unpaired) electrons. The van der Waals surface area contributed by atoms with Crippen molar-refractivity contribution in [1.82, 2.24) is 15.1 Å². The minimum absolute atomic E-state index is 0.105. The highest BCUT2D eigenvalue weighted by atomic mass is 32.1. The summed E-state index contributed by atoms with van der Waals surface area (Å²) in [5.41, 5.74) is 0. The van der Waals surface area contributed by atoms with Crippen LogP contribution in [0.1, 0.15) is 23.1 Å². The first-order valence-electron chi connectivity index (χ1n) is 4.44. The highest BCUT2D eigenvalue weighted by Crippen LogP contribution is 2.15. The molecule has 0 spiro atoms. The Hall–Kier alpha value is -1.17. The minimum Gasteiger partial charge on any atom is -0.360 e. The van der Waals surface area contributed by atoms with Crippen LogP contribution in [0.25, 0.3) is 0 Å². The van der Waals surface area contributed by atoms with Gasteiger partial charge in [0.25, 0.3) is 5.91 Å². The van der Waals surface area contributed by atoms with E-state index < -0.39 is 0 Å². The zero-order valence-electron chi connectivity index (χ0n) is 8.57. The van der Waals surface area contributed by atoms with Crippen molar-refractivity contribution in [2.45, 2.75) is 13.3 Å². The van der Waals surface area contributed by atoms with E-state index in [0.29, 0.717) is 10.1 Å². The fourth-order valence-corrected chi connectivity index (χ4v) is 1.59.